The summed E-state index contributed by atoms with van der Waals surface area (Å²) >= 11 is 0. The smallest absolute Gasteiger partial charge is 0.372 e. The minimum Gasteiger partial charge on any atom is -0.372 e. The molecule has 4 rings (SSSR count). The van der Waals surface area contributed by atoms with Crippen molar-refractivity contribution < 1.29 is 22.8 Å². The fourth-order valence-corrected chi connectivity index (χ4v) is 4.41. The van der Waals surface area contributed by atoms with Gasteiger partial charge in [-0.15, -0.1) is 0 Å². The predicted molar refractivity (Wildman–Crippen MR) is 125 cm³/mol. The molecule has 2 aliphatic rings. The average Bonchev–Trinajstić information content (AvgIpc) is 3.27. The van der Waals surface area contributed by atoms with E-state index in [1.807, 2.05) is 53.4 Å². The Morgan fingerprint density at radius 3 is 2.18 bits per heavy atom. The number of hydrogen-bond donors (Lipinski definition) is 3. The van der Waals surface area contributed by atoms with Gasteiger partial charge < -0.3 is 20.9 Å². The van der Waals surface area contributed by atoms with E-state index in [4.69, 9.17) is 0 Å². The topological polar surface area (TPSA) is 73.5 Å². The highest BCUT2D eigenvalue weighted by molar-refractivity contribution is 5.89. The van der Waals surface area contributed by atoms with Crippen LogP contribution in [0.2, 0.25) is 0 Å². The lowest BCUT2D eigenvalue weighted by atomic mass is 9.96. The average molecular weight is 475 g/mol. The molecule has 0 radical (unpaired) electrons. The van der Waals surface area contributed by atoms with Crippen LogP contribution >= 0.6 is 0 Å². The standard InChI is InChI=1S/C25H29F3N4O2/c26-25(27,28)19-10-13-32(14-11-19)22-7-5-21(6-8-22)31-20-3-1-17(2-4-20)9-12-29-24(34)18-15-23(33)30-16-18/h1-8,18-19,31H,9-16H2,(H,29,34)(H,30,33). The van der Waals surface area contributed by atoms with Gasteiger partial charge in [-0.05, 0) is 61.2 Å². The van der Waals surface area contributed by atoms with E-state index in [1.165, 1.54) is 0 Å². The molecule has 0 spiro atoms. The lowest BCUT2D eigenvalue weighted by Crippen LogP contribution is -2.38. The van der Waals surface area contributed by atoms with Gasteiger partial charge in [0.25, 0.3) is 0 Å². The highest BCUT2D eigenvalue weighted by Gasteiger charge is 2.41. The maximum atomic E-state index is 12.9. The molecular weight excluding hydrogens is 445 g/mol. The van der Waals surface area contributed by atoms with Crippen molar-refractivity contribution in [3.8, 4) is 0 Å². The maximum absolute atomic E-state index is 12.9. The summed E-state index contributed by atoms with van der Waals surface area (Å²) in [5.74, 6) is -1.65. The Balaban J connectivity index is 1.22. The van der Waals surface area contributed by atoms with Crippen LogP contribution in [-0.4, -0.2) is 44.2 Å². The van der Waals surface area contributed by atoms with Crippen LogP contribution in [-0.2, 0) is 16.0 Å². The number of nitrogens with one attached hydrogen (secondary N) is 3. The lowest BCUT2D eigenvalue weighted by Gasteiger charge is -2.34. The maximum Gasteiger partial charge on any atom is 0.391 e. The molecule has 2 aliphatic heterocycles. The number of halogens is 3. The Bertz CT molecular complexity index is 985. The van der Waals surface area contributed by atoms with Crippen molar-refractivity contribution in [2.24, 2.45) is 11.8 Å². The second-order valence-electron chi connectivity index (χ2n) is 8.92. The molecular formula is C25H29F3N4O2. The lowest BCUT2D eigenvalue weighted by molar-refractivity contribution is -0.179. The van der Waals surface area contributed by atoms with Crippen molar-refractivity contribution >= 4 is 28.9 Å². The number of anilines is 3. The first-order chi connectivity index (χ1) is 16.3. The molecule has 2 amide bonds. The first-order valence-electron chi connectivity index (χ1n) is 11.6. The monoisotopic (exact) mass is 474 g/mol. The van der Waals surface area contributed by atoms with Crippen LogP contribution in [0.15, 0.2) is 48.5 Å². The molecule has 0 bridgehead atoms. The van der Waals surface area contributed by atoms with E-state index < -0.39 is 12.1 Å². The van der Waals surface area contributed by atoms with E-state index in [9.17, 15) is 22.8 Å². The molecule has 182 valence electrons. The van der Waals surface area contributed by atoms with Crippen LogP contribution in [0.3, 0.4) is 0 Å². The van der Waals surface area contributed by atoms with E-state index in [-0.39, 0.29) is 37.0 Å². The van der Waals surface area contributed by atoms with Crippen LogP contribution in [0.4, 0.5) is 30.2 Å². The molecule has 6 nitrogen and oxygen atoms in total. The van der Waals surface area contributed by atoms with Gasteiger partial charge in [-0.25, -0.2) is 0 Å². The van der Waals surface area contributed by atoms with Crippen LogP contribution in [0.5, 0.6) is 0 Å². The zero-order valence-electron chi connectivity index (χ0n) is 18.8. The van der Waals surface area contributed by atoms with Gasteiger partial charge >= 0.3 is 6.18 Å². The SMILES string of the molecule is O=C1CC(C(=O)NCCc2ccc(Nc3ccc(N4CCC(C(F)(F)F)CC4)cc3)cc2)CN1. The first-order valence-corrected chi connectivity index (χ1v) is 11.6. The fraction of sp³-hybridized carbons (Fsp3) is 0.440. The third-order valence-electron chi connectivity index (χ3n) is 6.49. The van der Waals surface area contributed by atoms with Gasteiger partial charge in [-0.1, -0.05) is 12.1 Å². The van der Waals surface area contributed by atoms with Crippen molar-refractivity contribution in [1.29, 1.82) is 0 Å². The molecule has 0 aromatic heterocycles. The number of nitrogens with zero attached hydrogens (tertiary/aromatic N) is 1. The second-order valence-corrected chi connectivity index (χ2v) is 8.92. The van der Waals surface area contributed by atoms with Gasteiger partial charge in [0.05, 0.1) is 11.8 Å². The Morgan fingerprint density at radius 2 is 1.62 bits per heavy atom. The Labute approximate surface area is 196 Å². The number of carbonyl (C=O) groups is 2. The molecule has 2 aromatic carbocycles. The minimum absolute atomic E-state index is 0.0801. The van der Waals surface area contributed by atoms with Crippen LogP contribution < -0.4 is 20.9 Å². The normalized spacial score (nSPS) is 19.1. The van der Waals surface area contributed by atoms with E-state index >= 15 is 0 Å². The van der Waals surface area contributed by atoms with E-state index in [0.29, 0.717) is 32.6 Å². The summed E-state index contributed by atoms with van der Waals surface area (Å²) in [6, 6.07) is 15.6. The van der Waals surface area contributed by atoms with E-state index in [1.54, 1.807) is 0 Å². The molecule has 0 aliphatic carbocycles. The Morgan fingerprint density at radius 1 is 1.00 bits per heavy atom. The number of alkyl halides is 3. The van der Waals surface area contributed by atoms with E-state index in [2.05, 4.69) is 16.0 Å². The summed E-state index contributed by atoms with van der Waals surface area (Å²) in [6.07, 6.45) is -2.88. The van der Waals surface area contributed by atoms with Crippen molar-refractivity contribution in [2.45, 2.75) is 31.9 Å². The quantitative estimate of drug-likeness (QED) is 0.567. The largest absolute Gasteiger partial charge is 0.391 e. The molecule has 3 N–H and O–H groups in total. The Kier molecular flexibility index (Phi) is 7.29. The summed E-state index contributed by atoms with van der Waals surface area (Å²) in [5, 5.41) is 8.88. The number of rotatable bonds is 7. The summed E-state index contributed by atoms with van der Waals surface area (Å²) in [6.45, 7) is 1.74. The van der Waals surface area contributed by atoms with Gasteiger partial charge in [0.2, 0.25) is 11.8 Å². The molecule has 2 fully saturated rings. The van der Waals surface area contributed by atoms with Gasteiger partial charge in [-0.2, -0.15) is 13.2 Å². The zero-order valence-corrected chi connectivity index (χ0v) is 18.8. The first kappa shape index (κ1) is 23.9. The number of carbonyl (C=O) groups excluding carboxylic acids is 2. The summed E-state index contributed by atoms with van der Waals surface area (Å²) in [7, 11) is 0. The van der Waals surface area contributed by atoms with Crippen molar-refractivity contribution in [2.75, 3.05) is 36.4 Å². The summed E-state index contributed by atoms with van der Waals surface area (Å²) in [5.41, 5.74) is 3.83. The van der Waals surface area contributed by atoms with Crippen molar-refractivity contribution in [3.05, 3.63) is 54.1 Å². The molecule has 2 heterocycles. The van der Waals surface area contributed by atoms with Crippen LogP contribution in [0.1, 0.15) is 24.8 Å². The molecule has 0 saturated carbocycles. The van der Waals surface area contributed by atoms with Crippen LogP contribution in [0, 0.1) is 11.8 Å². The van der Waals surface area contributed by atoms with Crippen LogP contribution in [0.25, 0.3) is 0 Å². The highest BCUT2D eigenvalue weighted by Crippen LogP contribution is 2.35. The number of hydrogen-bond acceptors (Lipinski definition) is 4. The molecule has 2 saturated heterocycles. The highest BCUT2D eigenvalue weighted by atomic mass is 19.4. The van der Waals surface area contributed by atoms with Gasteiger partial charge in [0.1, 0.15) is 0 Å². The fourth-order valence-electron chi connectivity index (χ4n) is 4.41. The van der Waals surface area contributed by atoms with Crippen molar-refractivity contribution in [3.63, 3.8) is 0 Å². The third-order valence-corrected chi connectivity index (χ3v) is 6.49. The third kappa shape index (κ3) is 6.21. The molecule has 2 aromatic rings. The number of benzene rings is 2. The van der Waals surface area contributed by atoms with Gasteiger partial charge in [0, 0.05) is 49.7 Å². The molecule has 1 unspecified atom stereocenters. The van der Waals surface area contributed by atoms with Crippen molar-refractivity contribution in [1.82, 2.24) is 10.6 Å². The molecule has 34 heavy (non-hydrogen) atoms. The Hall–Kier alpha value is -3.23. The number of piperidine rings is 1. The molecule has 1 atom stereocenters. The van der Waals surface area contributed by atoms with Gasteiger partial charge in [-0.3, -0.25) is 9.59 Å². The summed E-state index contributed by atoms with van der Waals surface area (Å²) in [4.78, 5) is 25.3. The predicted octanol–water partition coefficient (Wildman–Crippen LogP) is 4.00. The molecule has 9 heteroatoms. The van der Waals surface area contributed by atoms with Gasteiger partial charge in [0.15, 0.2) is 0 Å². The summed E-state index contributed by atoms with van der Waals surface area (Å²) < 4.78 is 38.6. The minimum atomic E-state index is -4.10. The second kappa shape index (κ2) is 10.4. The van der Waals surface area contributed by atoms with E-state index in [0.717, 1.165) is 22.6 Å². The zero-order chi connectivity index (χ0) is 24.1. The number of amides is 2.